The second-order valence-electron chi connectivity index (χ2n) is 5.37. The average molecular weight is 278 g/mol. The highest BCUT2D eigenvalue weighted by Gasteiger charge is 2.12. The number of nitrogens with zero attached hydrogens (tertiary/aromatic N) is 2. The molecule has 4 nitrogen and oxygen atoms in total. The Hall–Kier alpha value is -1.10. The average Bonchev–Trinajstić information content (AvgIpc) is 2.46. The first-order chi connectivity index (χ1) is 9.75. The first-order valence-electron chi connectivity index (χ1n) is 7.43. The zero-order valence-corrected chi connectivity index (χ0v) is 12.7. The minimum Gasteiger partial charge on any atom is -0.491 e. The van der Waals surface area contributed by atoms with Gasteiger partial charge in [0.1, 0.15) is 12.4 Å². The maximum atomic E-state index is 5.70. The summed E-state index contributed by atoms with van der Waals surface area (Å²) in [6, 6.07) is 8.08. The molecule has 2 rings (SSSR count). The molecule has 0 spiro atoms. The van der Waals surface area contributed by atoms with Gasteiger partial charge in [0.15, 0.2) is 0 Å². The van der Waals surface area contributed by atoms with Crippen molar-refractivity contribution in [2.45, 2.75) is 6.92 Å². The van der Waals surface area contributed by atoms with Crippen LogP contribution in [0, 0.1) is 6.92 Å². The standard InChI is InChI=1S/C16H26N2O2/c1-15-5-3-4-6-16(15)20-14-13-19-12-11-18-9-7-17(2)8-10-18/h3-6H,7-14H2,1-2H3. The minimum absolute atomic E-state index is 0.619. The highest BCUT2D eigenvalue weighted by molar-refractivity contribution is 5.31. The van der Waals surface area contributed by atoms with E-state index < -0.39 is 0 Å². The normalized spacial score (nSPS) is 17.3. The van der Waals surface area contributed by atoms with Crippen LogP contribution in [0.1, 0.15) is 5.56 Å². The van der Waals surface area contributed by atoms with Gasteiger partial charge in [0.05, 0.1) is 13.2 Å². The van der Waals surface area contributed by atoms with Crippen molar-refractivity contribution in [3.63, 3.8) is 0 Å². The van der Waals surface area contributed by atoms with E-state index in [1.165, 1.54) is 5.56 Å². The van der Waals surface area contributed by atoms with E-state index in [-0.39, 0.29) is 0 Å². The van der Waals surface area contributed by atoms with E-state index in [1.54, 1.807) is 0 Å². The van der Waals surface area contributed by atoms with Crippen LogP contribution in [0.2, 0.25) is 0 Å². The number of aryl methyl sites for hydroxylation is 1. The molecule has 0 aliphatic carbocycles. The lowest BCUT2D eigenvalue weighted by Gasteiger charge is -2.32. The van der Waals surface area contributed by atoms with Crippen LogP contribution in [0.4, 0.5) is 0 Å². The van der Waals surface area contributed by atoms with Crippen molar-refractivity contribution in [2.24, 2.45) is 0 Å². The Bertz CT molecular complexity index is 390. The predicted molar refractivity (Wildman–Crippen MR) is 81.4 cm³/mol. The third kappa shape index (κ3) is 5.12. The summed E-state index contributed by atoms with van der Waals surface area (Å²) in [6.07, 6.45) is 0. The van der Waals surface area contributed by atoms with Crippen LogP contribution in [0.5, 0.6) is 5.75 Å². The van der Waals surface area contributed by atoms with Crippen molar-refractivity contribution in [1.82, 2.24) is 9.80 Å². The number of ether oxygens (including phenoxy) is 2. The van der Waals surface area contributed by atoms with Crippen LogP contribution in [-0.4, -0.2) is 69.4 Å². The van der Waals surface area contributed by atoms with E-state index in [2.05, 4.69) is 29.8 Å². The zero-order chi connectivity index (χ0) is 14.2. The monoisotopic (exact) mass is 278 g/mol. The summed E-state index contributed by atoms with van der Waals surface area (Å²) in [4.78, 5) is 4.83. The Labute approximate surface area is 122 Å². The third-order valence-electron chi connectivity index (χ3n) is 3.73. The zero-order valence-electron chi connectivity index (χ0n) is 12.7. The maximum Gasteiger partial charge on any atom is 0.122 e. The number of hydrogen-bond donors (Lipinski definition) is 0. The van der Waals surface area contributed by atoms with Crippen molar-refractivity contribution >= 4 is 0 Å². The van der Waals surface area contributed by atoms with Crippen molar-refractivity contribution < 1.29 is 9.47 Å². The molecular formula is C16H26N2O2. The summed E-state index contributed by atoms with van der Waals surface area (Å²) in [6.45, 7) is 9.78. The van der Waals surface area contributed by atoms with Crippen LogP contribution in [0.25, 0.3) is 0 Å². The van der Waals surface area contributed by atoms with Gasteiger partial charge in [-0.05, 0) is 25.6 Å². The summed E-state index contributed by atoms with van der Waals surface area (Å²) in [7, 11) is 2.18. The summed E-state index contributed by atoms with van der Waals surface area (Å²) in [5.74, 6) is 0.954. The number of likely N-dealkylation sites (N-methyl/N-ethyl adjacent to an activating group) is 1. The van der Waals surface area contributed by atoms with Gasteiger partial charge in [0, 0.05) is 32.7 Å². The van der Waals surface area contributed by atoms with Gasteiger partial charge in [0.25, 0.3) is 0 Å². The number of para-hydroxylation sites is 1. The molecule has 1 aromatic carbocycles. The molecule has 1 fully saturated rings. The molecule has 1 aliphatic rings. The van der Waals surface area contributed by atoms with E-state index in [1.807, 2.05) is 18.2 Å². The van der Waals surface area contributed by atoms with Gasteiger partial charge in [-0.3, -0.25) is 4.90 Å². The minimum atomic E-state index is 0.619. The molecule has 0 atom stereocenters. The maximum absolute atomic E-state index is 5.70. The van der Waals surface area contributed by atoms with Crippen molar-refractivity contribution in [2.75, 3.05) is 59.6 Å². The molecule has 1 heterocycles. The van der Waals surface area contributed by atoms with Gasteiger partial charge in [-0.25, -0.2) is 0 Å². The lowest BCUT2D eigenvalue weighted by molar-refractivity contribution is 0.0657. The Balaban J connectivity index is 1.51. The number of hydrogen-bond acceptors (Lipinski definition) is 4. The Morgan fingerprint density at radius 3 is 2.50 bits per heavy atom. The second kappa shape index (κ2) is 8.25. The topological polar surface area (TPSA) is 24.9 Å². The van der Waals surface area contributed by atoms with Gasteiger partial charge in [-0.1, -0.05) is 18.2 Å². The molecule has 0 unspecified atom stereocenters. The van der Waals surface area contributed by atoms with Gasteiger partial charge in [-0.2, -0.15) is 0 Å². The Morgan fingerprint density at radius 1 is 1.00 bits per heavy atom. The van der Waals surface area contributed by atoms with Crippen molar-refractivity contribution in [3.8, 4) is 5.75 Å². The van der Waals surface area contributed by atoms with Crippen LogP contribution in [0.3, 0.4) is 0 Å². The lowest BCUT2D eigenvalue weighted by atomic mass is 10.2. The van der Waals surface area contributed by atoms with Gasteiger partial charge in [-0.15, -0.1) is 0 Å². The lowest BCUT2D eigenvalue weighted by Crippen LogP contribution is -2.45. The number of benzene rings is 1. The molecule has 4 heteroatoms. The first-order valence-corrected chi connectivity index (χ1v) is 7.43. The van der Waals surface area contributed by atoms with Gasteiger partial charge >= 0.3 is 0 Å². The summed E-state index contributed by atoms with van der Waals surface area (Å²) in [5.41, 5.74) is 1.17. The fourth-order valence-electron chi connectivity index (χ4n) is 2.30. The molecule has 0 amide bonds. The molecule has 0 saturated carbocycles. The largest absolute Gasteiger partial charge is 0.491 e. The highest BCUT2D eigenvalue weighted by Crippen LogP contribution is 2.15. The van der Waals surface area contributed by atoms with Gasteiger partial charge in [0.2, 0.25) is 0 Å². The molecule has 20 heavy (non-hydrogen) atoms. The Morgan fingerprint density at radius 2 is 1.75 bits per heavy atom. The van der Waals surface area contributed by atoms with Crippen molar-refractivity contribution in [3.05, 3.63) is 29.8 Å². The molecule has 0 aromatic heterocycles. The fraction of sp³-hybridized carbons (Fsp3) is 0.625. The predicted octanol–water partition coefficient (Wildman–Crippen LogP) is 1.64. The summed E-state index contributed by atoms with van der Waals surface area (Å²) < 4.78 is 11.3. The Kier molecular flexibility index (Phi) is 6.30. The van der Waals surface area contributed by atoms with E-state index in [0.717, 1.165) is 45.1 Å². The molecule has 0 N–H and O–H groups in total. The smallest absolute Gasteiger partial charge is 0.122 e. The molecular weight excluding hydrogens is 252 g/mol. The third-order valence-corrected chi connectivity index (χ3v) is 3.73. The SMILES string of the molecule is Cc1ccccc1OCCOCCN1CCN(C)CC1. The van der Waals surface area contributed by atoms with Crippen molar-refractivity contribution in [1.29, 1.82) is 0 Å². The van der Waals surface area contributed by atoms with Gasteiger partial charge < -0.3 is 14.4 Å². The summed E-state index contributed by atoms with van der Waals surface area (Å²) >= 11 is 0. The number of piperazine rings is 1. The fourth-order valence-corrected chi connectivity index (χ4v) is 2.30. The van der Waals surface area contributed by atoms with Crippen LogP contribution in [-0.2, 0) is 4.74 Å². The van der Waals surface area contributed by atoms with Crippen LogP contribution in [0.15, 0.2) is 24.3 Å². The van der Waals surface area contributed by atoms with Crippen LogP contribution >= 0.6 is 0 Å². The van der Waals surface area contributed by atoms with E-state index in [0.29, 0.717) is 13.2 Å². The number of rotatable bonds is 7. The molecule has 1 aromatic rings. The van der Waals surface area contributed by atoms with E-state index in [4.69, 9.17) is 9.47 Å². The molecule has 1 saturated heterocycles. The quantitative estimate of drug-likeness (QED) is 0.708. The van der Waals surface area contributed by atoms with E-state index in [9.17, 15) is 0 Å². The molecule has 1 aliphatic heterocycles. The first kappa shape index (κ1) is 15.3. The second-order valence-corrected chi connectivity index (χ2v) is 5.37. The molecule has 0 bridgehead atoms. The van der Waals surface area contributed by atoms with E-state index >= 15 is 0 Å². The summed E-state index contributed by atoms with van der Waals surface area (Å²) in [5, 5.41) is 0. The van der Waals surface area contributed by atoms with Crippen LogP contribution < -0.4 is 4.74 Å². The molecule has 112 valence electrons. The molecule has 0 radical (unpaired) electrons. The highest BCUT2D eigenvalue weighted by atomic mass is 16.5.